The van der Waals surface area contributed by atoms with Crippen LogP contribution < -0.4 is 0 Å². The summed E-state index contributed by atoms with van der Waals surface area (Å²) < 4.78 is 0. The van der Waals surface area contributed by atoms with Crippen LogP contribution in [-0.4, -0.2) is 9.97 Å². The predicted octanol–water partition coefficient (Wildman–Crippen LogP) is 6.45. The second-order valence-electron chi connectivity index (χ2n) is 8.01. The molecule has 26 heavy (non-hydrogen) atoms. The van der Waals surface area contributed by atoms with E-state index in [1.807, 2.05) is 0 Å². The van der Waals surface area contributed by atoms with E-state index in [1.54, 1.807) is 11.1 Å². The first-order valence-corrected chi connectivity index (χ1v) is 9.68. The summed E-state index contributed by atoms with van der Waals surface area (Å²) in [7, 11) is 0. The van der Waals surface area contributed by atoms with Gasteiger partial charge in [-0.15, -0.1) is 0 Å². The van der Waals surface area contributed by atoms with Crippen LogP contribution in [0.1, 0.15) is 35.1 Å². The van der Waals surface area contributed by atoms with Gasteiger partial charge in [-0.3, -0.25) is 0 Å². The summed E-state index contributed by atoms with van der Waals surface area (Å²) in [4.78, 5) is 7.56. The SMILES string of the molecule is Cc1ccc2c(c1)[nH]c1c2c2c(c3[nH]c4cc(C)ccc4c31)CCCC2. The van der Waals surface area contributed by atoms with E-state index < -0.39 is 0 Å². The van der Waals surface area contributed by atoms with Gasteiger partial charge in [0.15, 0.2) is 0 Å². The minimum atomic E-state index is 1.19. The molecule has 0 radical (unpaired) electrons. The maximum atomic E-state index is 3.78. The largest absolute Gasteiger partial charge is 0.354 e. The number of aromatic nitrogens is 2. The zero-order valence-electron chi connectivity index (χ0n) is 15.3. The number of rotatable bonds is 0. The van der Waals surface area contributed by atoms with Crippen molar-refractivity contribution in [3.05, 3.63) is 58.7 Å². The lowest BCUT2D eigenvalue weighted by Crippen LogP contribution is -2.04. The van der Waals surface area contributed by atoms with E-state index in [0.717, 1.165) is 0 Å². The van der Waals surface area contributed by atoms with E-state index >= 15 is 0 Å². The quantitative estimate of drug-likeness (QED) is 0.325. The molecule has 0 saturated heterocycles. The Balaban J connectivity index is 1.93. The molecule has 5 aromatic rings. The molecular formula is C24H22N2. The predicted molar refractivity (Wildman–Crippen MR) is 111 cm³/mol. The highest BCUT2D eigenvalue weighted by atomic mass is 14.8. The summed E-state index contributed by atoms with van der Waals surface area (Å²) in [6, 6.07) is 13.6. The van der Waals surface area contributed by atoms with E-state index in [4.69, 9.17) is 0 Å². The second kappa shape index (κ2) is 4.91. The number of fused-ring (bicyclic) bond motifs is 10. The van der Waals surface area contributed by atoms with Crippen LogP contribution in [0.2, 0.25) is 0 Å². The van der Waals surface area contributed by atoms with Crippen molar-refractivity contribution >= 4 is 43.6 Å². The fourth-order valence-electron chi connectivity index (χ4n) is 5.07. The van der Waals surface area contributed by atoms with Gasteiger partial charge >= 0.3 is 0 Å². The Morgan fingerprint density at radius 3 is 1.92 bits per heavy atom. The van der Waals surface area contributed by atoms with Crippen LogP contribution in [0.3, 0.4) is 0 Å². The Bertz CT molecular complexity index is 1350. The Morgan fingerprint density at radius 1 is 0.654 bits per heavy atom. The molecule has 3 aromatic carbocycles. The molecule has 1 aliphatic rings. The molecule has 2 nitrogen and oxygen atoms in total. The van der Waals surface area contributed by atoms with Crippen LogP contribution in [-0.2, 0) is 12.8 Å². The molecule has 128 valence electrons. The van der Waals surface area contributed by atoms with Crippen LogP contribution in [0.15, 0.2) is 36.4 Å². The molecule has 2 heterocycles. The summed E-state index contributed by atoms with van der Waals surface area (Å²) in [5.74, 6) is 0. The van der Waals surface area contributed by atoms with Crippen molar-refractivity contribution in [1.82, 2.24) is 9.97 Å². The van der Waals surface area contributed by atoms with Gasteiger partial charge in [-0.2, -0.15) is 0 Å². The van der Waals surface area contributed by atoms with Crippen LogP contribution in [0.25, 0.3) is 43.6 Å². The molecule has 0 fully saturated rings. The third kappa shape index (κ3) is 1.77. The van der Waals surface area contributed by atoms with Crippen molar-refractivity contribution in [2.75, 3.05) is 0 Å². The Kier molecular flexibility index (Phi) is 2.73. The summed E-state index contributed by atoms with van der Waals surface area (Å²) in [5, 5.41) is 5.56. The maximum absolute atomic E-state index is 3.78. The number of aryl methyl sites for hydroxylation is 4. The summed E-state index contributed by atoms with van der Waals surface area (Å²) in [6.45, 7) is 4.34. The van der Waals surface area contributed by atoms with Gasteiger partial charge < -0.3 is 9.97 Å². The van der Waals surface area contributed by atoms with Gasteiger partial charge in [0.1, 0.15) is 0 Å². The first kappa shape index (κ1) is 14.4. The molecule has 0 amide bonds. The molecule has 0 atom stereocenters. The third-order valence-electron chi connectivity index (χ3n) is 6.23. The molecule has 2 heteroatoms. The van der Waals surface area contributed by atoms with Crippen molar-refractivity contribution in [2.45, 2.75) is 39.5 Å². The smallest absolute Gasteiger partial charge is 0.0569 e. The number of nitrogens with one attached hydrogen (secondary N) is 2. The van der Waals surface area contributed by atoms with Crippen molar-refractivity contribution in [3.63, 3.8) is 0 Å². The molecule has 6 rings (SSSR count). The number of aromatic amines is 2. The number of benzene rings is 3. The van der Waals surface area contributed by atoms with Gasteiger partial charge in [0.25, 0.3) is 0 Å². The average molecular weight is 338 g/mol. The zero-order chi connectivity index (χ0) is 17.4. The normalized spacial score (nSPS) is 14.7. The van der Waals surface area contributed by atoms with Gasteiger partial charge in [-0.05, 0) is 73.9 Å². The highest BCUT2D eigenvalue weighted by Gasteiger charge is 2.23. The van der Waals surface area contributed by atoms with Crippen LogP contribution in [0, 0.1) is 13.8 Å². The molecule has 2 aromatic heterocycles. The fourth-order valence-corrected chi connectivity index (χ4v) is 5.07. The third-order valence-corrected chi connectivity index (χ3v) is 6.23. The van der Waals surface area contributed by atoms with Crippen molar-refractivity contribution < 1.29 is 0 Å². The summed E-state index contributed by atoms with van der Waals surface area (Å²) in [6.07, 6.45) is 4.97. The molecular weight excluding hydrogens is 316 g/mol. The maximum Gasteiger partial charge on any atom is 0.0569 e. The van der Waals surface area contributed by atoms with E-state index in [-0.39, 0.29) is 0 Å². The second-order valence-corrected chi connectivity index (χ2v) is 8.01. The van der Waals surface area contributed by atoms with Crippen LogP contribution in [0.4, 0.5) is 0 Å². The Hall–Kier alpha value is -2.74. The van der Waals surface area contributed by atoms with E-state index in [0.29, 0.717) is 0 Å². The topological polar surface area (TPSA) is 31.6 Å². The molecule has 0 unspecified atom stereocenters. The lowest BCUT2D eigenvalue weighted by Gasteiger charge is -2.18. The minimum absolute atomic E-state index is 1.19. The van der Waals surface area contributed by atoms with Crippen molar-refractivity contribution in [3.8, 4) is 0 Å². The molecule has 0 spiro atoms. The molecule has 1 aliphatic carbocycles. The molecule has 0 aliphatic heterocycles. The molecule has 0 saturated carbocycles. The van der Waals surface area contributed by atoms with Gasteiger partial charge in [-0.1, -0.05) is 24.3 Å². The lowest BCUT2D eigenvalue weighted by molar-refractivity contribution is 0.693. The Morgan fingerprint density at radius 2 is 1.23 bits per heavy atom. The highest BCUT2D eigenvalue weighted by Crippen LogP contribution is 2.43. The van der Waals surface area contributed by atoms with Gasteiger partial charge in [0.2, 0.25) is 0 Å². The van der Waals surface area contributed by atoms with Gasteiger partial charge in [0, 0.05) is 32.6 Å². The Labute approximate surface area is 152 Å². The zero-order valence-corrected chi connectivity index (χ0v) is 15.3. The van der Waals surface area contributed by atoms with E-state index in [2.05, 4.69) is 60.2 Å². The number of hydrogen-bond donors (Lipinski definition) is 2. The highest BCUT2D eigenvalue weighted by molar-refractivity contribution is 6.26. The molecule has 2 N–H and O–H groups in total. The number of H-pyrrole nitrogens is 2. The first-order valence-electron chi connectivity index (χ1n) is 9.68. The first-order chi connectivity index (χ1) is 12.7. The van der Waals surface area contributed by atoms with Gasteiger partial charge in [0.05, 0.1) is 11.0 Å². The molecule has 0 bridgehead atoms. The van der Waals surface area contributed by atoms with Gasteiger partial charge in [-0.25, -0.2) is 0 Å². The van der Waals surface area contributed by atoms with E-state index in [1.165, 1.54) is 80.4 Å². The van der Waals surface area contributed by atoms with Crippen molar-refractivity contribution in [1.29, 1.82) is 0 Å². The standard InChI is InChI=1S/C24H22N2/c1-13-7-9-17-19(11-13)26-24-21(17)15-5-3-4-6-16(15)23-22(24)18-10-8-14(2)12-20(18)25-23/h7-12,25-26H,3-6H2,1-2H3. The minimum Gasteiger partial charge on any atom is -0.354 e. The lowest BCUT2D eigenvalue weighted by atomic mass is 9.86. The summed E-state index contributed by atoms with van der Waals surface area (Å²) >= 11 is 0. The van der Waals surface area contributed by atoms with Crippen molar-refractivity contribution in [2.24, 2.45) is 0 Å². The van der Waals surface area contributed by atoms with Crippen LogP contribution in [0.5, 0.6) is 0 Å². The fraction of sp³-hybridized carbons (Fsp3) is 0.250. The van der Waals surface area contributed by atoms with E-state index in [9.17, 15) is 0 Å². The summed E-state index contributed by atoms with van der Waals surface area (Å²) in [5.41, 5.74) is 10.9. The average Bonchev–Trinajstić information content (AvgIpc) is 3.19. The monoisotopic (exact) mass is 338 g/mol. The number of hydrogen-bond acceptors (Lipinski definition) is 0. The van der Waals surface area contributed by atoms with Crippen LogP contribution >= 0.6 is 0 Å².